The number of aromatic nitrogens is 2. The van der Waals surface area contributed by atoms with Crippen molar-refractivity contribution in [1.82, 2.24) is 9.55 Å². The molecule has 0 aliphatic heterocycles. The minimum Gasteiger partial charge on any atom is -0.464 e. The second-order valence-electron chi connectivity index (χ2n) is 3.71. The van der Waals surface area contributed by atoms with Crippen LogP contribution in [0.2, 0.25) is 0 Å². The van der Waals surface area contributed by atoms with Gasteiger partial charge in [-0.25, -0.2) is 9.78 Å². The second-order valence-corrected chi connectivity index (χ2v) is 3.71. The first-order valence-corrected chi connectivity index (χ1v) is 5.28. The number of rotatable bonds is 2. The summed E-state index contributed by atoms with van der Waals surface area (Å²) in [5.41, 5.74) is 1.81. The van der Waals surface area contributed by atoms with Crippen molar-refractivity contribution in [3.8, 4) is 17.5 Å². The maximum Gasteiger partial charge on any atom is 0.356 e. The van der Waals surface area contributed by atoms with Gasteiger partial charge in [-0.05, 0) is 24.3 Å². The molecule has 18 heavy (non-hydrogen) atoms. The summed E-state index contributed by atoms with van der Waals surface area (Å²) in [4.78, 5) is 15.6. The van der Waals surface area contributed by atoms with Crippen LogP contribution in [-0.2, 0) is 11.8 Å². The molecule has 1 heterocycles. The van der Waals surface area contributed by atoms with Crippen molar-refractivity contribution in [2.24, 2.45) is 7.05 Å². The molecule has 5 heteroatoms. The number of carbonyl (C=O) groups excluding carboxylic acids is 1. The standard InChI is InChI=1S/C13H11N3O2/c1-16-11(13(17)18-2)8-15-12(16)10-5-3-9(7-14)4-6-10/h3-6,8H,1-2H3. The van der Waals surface area contributed by atoms with E-state index in [0.717, 1.165) is 5.56 Å². The summed E-state index contributed by atoms with van der Waals surface area (Å²) in [6.45, 7) is 0. The van der Waals surface area contributed by atoms with E-state index >= 15 is 0 Å². The lowest BCUT2D eigenvalue weighted by molar-refractivity contribution is 0.0590. The minimum atomic E-state index is -0.426. The van der Waals surface area contributed by atoms with Gasteiger partial charge in [0.1, 0.15) is 11.5 Å². The zero-order valence-electron chi connectivity index (χ0n) is 10.0. The first-order valence-electron chi connectivity index (χ1n) is 5.28. The number of nitriles is 1. The summed E-state index contributed by atoms with van der Waals surface area (Å²) < 4.78 is 6.32. The summed E-state index contributed by atoms with van der Waals surface area (Å²) >= 11 is 0. The lowest BCUT2D eigenvalue weighted by Gasteiger charge is -2.04. The van der Waals surface area contributed by atoms with Crippen molar-refractivity contribution in [2.45, 2.75) is 0 Å². The largest absolute Gasteiger partial charge is 0.464 e. The summed E-state index contributed by atoms with van der Waals surface area (Å²) in [5.74, 6) is 0.227. The normalized spacial score (nSPS) is 9.83. The fourth-order valence-corrected chi connectivity index (χ4v) is 1.67. The summed E-state index contributed by atoms with van der Waals surface area (Å²) in [7, 11) is 3.07. The Morgan fingerprint density at radius 1 is 1.39 bits per heavy atom. The van der Waals surface area contributed by atoms with E-state index in [0.29, 0.717) is 17.1 Å². The van der Waals surface area contributed by atoms with Gasteiger partial charge in [0.15, 0.2) is 0 Å². The number of methoxy groups -OCH3 is 1. The highest BCUT2D eigenvalue weighted by Gasteiger charge is 2.15. The van der Waals surface area contributed by atoms with Gasteiger partial charge >= 0.3 is 5.97 Å². The first kappa shape index (κ1) is 11.9. The van der Waals surface area contributed by atoms with Gasteiger partial charge in [-0.3, -0.25) is 0 Å². The third-order valence-electron chi connectivity index (χ3n) is 2.65. The molecule has 0 aliphatic carbocycles. The molecule has 0 fully saturated rings. The third kappa shape index (κ3) is 1.96. The number of carbonyl (C=O) groups is 1. The molecule has 0 amide bonds. The van der Waals surface area contributed by atoms with Crippen molar-refractivity contribution >= 4 is 5.97 Å². The van der Waals surface area contributed by atoms with Crippen molar-refractivity contribution in [3.63, 3.8) is 0 Å². The van der Waals surface area contributed by atoms with Gasteiger partial charge in [0.05, 0.1) is 24.9 Å². The van der Waals surface area contributed by atoms with E-state index in [-0.39, 0.29) is 0 Å². The zero-order chi connectivity index (χ0) is 13.1. The van der Waals surface area contributed by atoms with Crippen LogP contribution in [0.15, 0.2) is 30.5 Å². The molecule has 0 saturated heterocycles. The number of nitrogens with zero attached hydrogens (tertiary/aromatic N) is 3. The predicted octanol–water partition coefficient (Wildman–Crippen LogP) is 1.75. The highest BCUT2D eigenvalue weighted by molar-refractivity contribution is 5.88. The lowest BCUT2D eigenvalue weighted by atomic mass is 10.1. The maximum atomic E-state index is 11.5. The van der Waals surface area contributed by atoms with Gasteiger partial charge < -0.3 is 9.30 Å². The minimum absolute atomic E-state index is 0.386. The van der Waals surface area contributed by atoms with Crippen LogP contribution in [0, 0.1) is 11.3 Å². The molecule has 2 aromatic rings. The quantitative estimate of drug-likeness (QED) is 0.751. The monoisotopic (exact) mass is 241 g/mol. The molecule has 1 aromatic heterocycles. The molecule has 0 spiro atoms. The van der Waals surface area contributed by atoms with Gasteiger partial charge in [-0.1, -0.05) is 0 Å². The third-order valence-corrected chi connectivity index (χ3v) is 2.65. The van der Waals surface area contributed by atoms with E-state index in [1.54, 1.807) is 35.9 Å². The van der Waals surface area contributed by atoms with E-state index in [1.165, 1.54) is 13.3 Å². The lowest BCUT2D eigenvalue weighted by Crippen LogP contribution is -2.08. The van der Waals surface area contributed by atoms with Gasteiger partial charge in [-0.2, -0.15) is 5.26 Å². The van der Waals surface area contributed by atoms with Gasteiger partial charge in [0.2, 0.25) is 0 Å². The SMILES string of the molecule is COC(=O)c1cnc(-c2ccc(C#N)cc2)n1C. The molecule has 0 saturated carbocycles. The van der Waals surface area contributed by atoms with Crippen LogP contribution in [0.5, 0.6) is 0 Å². The smallest absolute Gasteiger partial charge is 0.356 e. The molecular weight excluding hydrogens is 230 g/mol. The van der Waals surface area contributed by atoms with Gasteiger partial charge in [-0.15, -0.1) is 0 Å². The molecule has 1 aromatic carbocycles. The molecule has 2 rings (SSSR count). The van der Waals surface area contributed by atoms with E-state index in [4.69, 9.17) is 5.26 Å². The molecular formula is C13H11N3O2. The Bertz CT molecular complexity index is 621. The van der Waals surface area contributed by atoms with Crippen LogP contribution in [0.4, 0.5) is 0 Å². The number of hydrogen-bond acceptors (Lipinski definition) is 4. The van der Waals surface area contributed by atoms with E-state index in [2.05, 4.69) is 15.8 Å². The molecule has 5 nitrogen and oxygen atoms in total. The molecule has 0 N–H and O–H groups in total. The Morgan fingerprint density at radius 3 is 2.61 bits per heavy atom. The van der Waals surface area contributed by atoms with Crippen LogP contribution < -0.4 is 0 Å². The first-order chi connectivity index (χ1) is 8.67. The fourth-order valence-electron chi connectivity index (χ4n) is 1.67. The Hall–Kier alpha value is -2.61. The fraction of sp³-hybridized carbons (Fsp3) is 0.154. The second kappa shape index (κ2) is 4.72. The van der Waals surface area contributed by atoms with Crippen LogP contribution in [0.3, 0.4) is 0 Å². The van der Waals surface area contributed by atoms with Gasteiger partial charge in [0.25, 0.3) is 0 Å². The average Bonchev–Trinajstić information content (AvgIpc) is 2.80. The van der Waals surface area contributed by atoms with Crippen molar-refractivity contribution in [1.29, 1.82) is 5.26 Å². The molecule has 0 atom stereocenters. The molecule has 0 aliphatic rings. The van der Waals surface area contributed by atoms with E-state index in [9.17, 15) is 4.79 Å². The maximum absolute atomic E-state index is 11.5. The Labute approximate surface area is 104 Å². The molecule has 90 valence electrons. The zero-order valence-corrected chi connectivity index (χ0v) is 10.0. The molecule has 0 unspecified atom stereocenters. The number of ether oxygens (including phenoxy) is 1. The Morgan fingerprint density at radius 2 is 2.06 bits per heavy atom. The summed E-state index contributed by atoms with van der Waals surface area (Å²) in [6, 6.07) is 9.06. The van der Waals surface area contributed by atoms with Crippen molar-refractivity contribution < 1.29 is 9.53 Å². The topological polar surface area (TPSA) is 67.9 Å². The van der Waals surface area contributed by atoms with Gasteiger partial charge in [0, 0.05) is 12.6 Å². The number of benzene rings is 1. The highest BCUT2D eigenvalue weighted by atomic mass is 16.5. The predicted molar refractivity (Wildman–Crippen MR) is 64.7 cm³/mol. The van der Waals surface area contributed by atoms with Crippen molar-refractivity contribution in [2.75, 3.05) is 7.11 Å². The van der Waals surface area contributed by atoms with E-state index < -0.39 is 5.97 Å². The Balaban J connectivity index is 2.42. The molecule has 0 bridgehead atoms. The number of imidazole rings is 1. The Kier molecular flexibility index (Phi) is 3.11. The number of hydrogen-bond donors (Lipinski definition) is 0. The highest BCUT2D eigenvalue weighted by Crippen LogP contribution is 2.19. The summed E-state index contributed by atoms with van der Waals surface area (Å²) in [6.07, 6.45) is 1.47. The van der Waals surface area contributed by atoms with Crippen LogP contribution >= 0.6 is 0 Å². The van der Waals surface area contributed by atoms with Crippen LogP contribution in [0.25, 0.3) is 11.4 Å². The van der Waals surface area contributed by atoms with Crippen LogP contribution in [0.1, 0.15) is 16.1 Å². The van der Waals surface area contributed by atoms with Crippen LogP contribution in [-0.4, -0.2) is 22.6 Å². The average molecular weight is 241 g/mol. The summed E-state index contributed by atoms with van der Waals surface area (Å²) in [5, 5.41) is 8.73. The molecule has 0 radical (unpaired) electrons. The van der Waals surface area contributed by atoms with E-state index in [1.807, 2.05) is 0 Å². The number of esters is 1. The van der Waals surface area contributed by atoms with Crippen molar-refractivity contribution in [3.05, 3.63) is 41.7 Å².